The second-order valence-electron chi connectivity index (χ2n) is 9.39. The van der Waals surface area contributed by atoms with Crippen molar-refractivity contribution in [1.82, 2.24) is 19.4 Å². The van der Waals surface area contributed by atoms with E-state index in [0.29, 0.717) is 24.2 Å². The van der Waals surface area contributed by atoms with Crippen LogP contribution in [-0.2, 0) is 29.0 Å². The molecule has 0 bridgehead atoms. The van der Waals surface area contributed by atoms with Crippen molar-refractivity contribution < 1.29 is 9.53 Å². The van der Waals surface area contributed by atoms with Crippen LogP contribution in [0.25, 0.3) is 11.0 Å². The number of likely N-dealkylation sites (tertiary alicyclic amines) is 1. The van der Waals surface area contributed by atoms with Crippen molar-refractivity contribution in [3.63, 3.8) is 0 Å². The number of piperidine rings is 1. The molecule has 1 aromatic carbocycles. The van der Waals surface area contributed by atoms with E-state index < -0.39 is 0 Å². The Morgan fingerprint density at radius 2 is 1.83 bits per heavy atom. The molecule has 0 amide bonds. The van der Waals surface area contributed by atoms with Gasteiger partial charge in [-0.15, -0.1) is 0 Å². The van der Waals surface area contributed by atoms with Crippen LogP contribution in [0.5, 0.6) is 0 Å². The first-order valence-corrected chi connectivity index (χ1v) is 12.4. The molecule has 0 unspecified atom stereocenters. The summed E-state index contributed by atoms with van der Waals surface area (Å²) in [5.41, 5.74) is 2.48. The highest BCUT2D eigenvalue weighted by Crippen LogP contribution is 2.25. The molecule has 1 fully saturated rings. The molecule has 35 heavy (non-hydrogen) atoms. The van der Waals surface area contributed by atoms with E-state index in [2.05, 4.69) is 10.2 Å². The van der Waals surface area contributed by atoms with Crippen molar-refractivity contribution in [1.29, 1.82) is 0 Å². The van der Waals surface area contributed by atoms with Crippen molar-refractivity contribution in [2.45, 2.75) is 44.4 Å². The van der Waals surface area contributed by atoms with E-state index in [0.717, 1.165) is 54.6 Å². The summed E-state index contributed by atoms with van der Waals surface area (Å²) in [7, 11) is 1.37. The Morgan fingerprint density at radius 3 is 2.54 bits per heavy atom. The minimum atomic E-state index is -0.306. The molecule has 3 aromatic rings. The van der Waals surface area contributed by atoms with E-state index in [1.54, 1.807) is 33.4 Å². The number of halogens is 1. The zero-order valence-corrected chi connectivity index (χ0v) is 20.5. The molecule has 0 spiro atoms. The van der Waals surface area contributed by atoms with E-state index in [4.69, 9.17) is 16.3 Å². The zero-order chi connectivity index (χ0) is 24.5. The highest BCUT2D eigenvalue weighted by molar-refractivity contribution is 6.31. The maximum Gasteiger partial charge on any atom is 0.310 e. The van der Waals surface area contributed by atoms with Gasteiger partial charge in [0.25, 0.3) is 11.1 Å². The van der Waals surface area contributed by atoms with E-state index in [1.165, 1.54) is 7.11 Å². The molecule has 184 valence electrons. The Bertz CT molecular complexity index is 1370. The lowest BCUT2D eigenvalue weighted by molar-refractivity contribution is -0.139. The minimum Gasteiger partial charge on any atom is -0.469 e. The number of benzene rings is 1. The van der Waals surface area contributed by atoms with Gasteiger partial charge < -0.3 is 15.0 Å². The average Bonchev–Trinajstić information content (AvgIpc) is 3.25. The van der Waals surface area contributed by atoms with E-state index in [-0.39, 0.29) is 29.6 Å². The summed E-state index contributed by atoms with van der Waals surface area (Å²) < 4.78 is 8.25. The van der Waals surface area contributed by atoms with Gasteiger partial charge in [-0.05, 0) is 55.3 Å². The molecule has 2 aliphatic rings. The van der Waals surface area contributed by atoms with Crippen molar-refractivity contribution >= 4 is 28.6 Å². The van der Waals surface area contributed by atoms with Gasteiger partial charge in [0, 0.05) is 48.2 Å². The minimum absolute atomic E-state index is 0.0311. The van der Waals surface area contributed by atoms with Gasteiger partial charge in [0.2, 0.25) is 0 Å². The van der Waals surface area contributed by atoms with Crippen molar-refractivity contribution in [2.24, 2.45) is 0 Å². The molecule has 1 saturated heterocycles. The third kappa shape index (κ3) is 4.91. The van der Waals surface area contributed by atoms with Gasteiger partial charge in [-0.2, -0.15) is 0 Å². The van der Waals surface area contributed by atoms with Gasteiger partial charge in [0.1, 0.15) is 5.65 Å². The predicted octanol–water partition coefficient (Wildman–Crippen LogP) is 2.34. The molecule has 0 saturated carbocycles. The number of ether oxygens (including phenoxy) is 1. The Labute approximate surface area is 208 Å². The van der Waals surface area contributed by atoms with Gasteiger partial charge in [0.15, 0.2) is 0 Å². The molecule has 1 N–H and O–H groups in total. The Hall–Kier alpha value is -2.94. The second kappa shape index (κ2) is 9.97. The van der Waals surface area contributed by atoms with Gasteiger partial charge in [-0.1, -0.05) is 23.7 Å². The van der Waals surface area contributed by atoms with Crippen LogP contribution in [0.4, 0.5) is 0 Å². The molecule has 0 aliphatic carbocycles. The number of methoxy groups -OCH3 is 1. The van der Waals surface area contributed by atoms with Crippen molar-refractivity contribution in [3.05, 3.63) is 79.3 Å². The lowest BCUT2D eigenvalue weighted by Gasteiger charge is -2.34. The maximum absolute atomic E-state index is 12.6. The highest BCUT2D eigenvalue weighted by Gasteiger charge is 2.29. The number of esters is 1. The van der Waals surface area contributed by atoms with Gasteiger partial charge in [0.05, 0.1) is 19.6 Å². The predicted molar refractivity (Wildman–Crippen MR) is 135 cm³/mol. The van der Waals surface area contributed by atoms with Crippen LogP contribution in [-0.4, -0.2) is 52.8 Å². The number of hydrogen-bond donors (Lipinski definition) is 1. The van der Waals surface area contributed by atoms with Crippen molar-refractivity contribution in [3.8, 4) is 0 Å². The fraction of sp³-hybridized carbons (Fsp3) is 0.423. The highest BCUT2D eigenvalue weighted by atomic mass is 35.5. The SMILES string of the molecule is COC(=O)Cc1ccc(CNC2CCN(C[C@@H]3Cn4c(=O)ccc5ccc(=O)n3c54)CC2)cc1Cl. The molecule has 2 aliphatic heterocycles. The third-order valence-corrected chi connectivity index (χ3v) is 7.50. The van der Waals surface area contributed by atoms with Crippen LogP contribution in [0, 0.1) is 0 Å². The van der Waals surface area contributed by atoms with Crippen LogP contribution in [0.1, 0.15) is 30.0 Å². The Balaban J connectivity index is 1.15. The van der Waals surface area contributed by atoms with E-state index in [1.807, 2.05) is 18.2 Å². The first-order chi connectivity index (χ1) is 16.9. The van der Waals surface area contributed by atoms with E-state index in [9.17, 15) is 14.4 Å². The molecule has 2 aromatic heterocycles. The third-order valence-electron chi connectivity index (χ3n) is 7.15. The largest absolute Gasteiger partial charge is 0.469 e. The molecular formula is C26H29ClN4O4. The molecule has 9 heteroatoms. The second-order valence-corrected chi connectivity index (χ2v) is 9.80. The Morgan fingerprint density at radius 1 is 1.09 bits per heavy atom. The summed E-state index contributed by atoms with van der Waals surface area (Å²) >= 11 is 6.35. The number of carbonyl (C=O) groups is 1. The number of hydrogen-bond acceptors (Lipinski definition) is 6. The molecule has 8 nitrogen and oxygen atoms in total. The quantitative estimate of drug-likeness (QED) is 0.505. The number of nitrogens with one attached hydrogen (secondary N) is 1. The number of aromatic nitrogens is 2. The number of nitrogens with zero attached hydrogens (tertiary/aromatic N) is 3. The van der Waals surface area contributed by atoms with Gasteiger partial charge in [-0.25, -0.2) is 0 Å². The number of rotatable bonds is 7. The standard InChI is InChI=1S/C26H29ClN4O4/c1-35-25(34)13-19-3-2-17(12-22(19)27)14-28-20-8-10-29(11-9-20)15-21-16-30-23(32)6-4-18-5-7-24(33)31(21)26(18)30/h2-7,12,20-21,28H,8-11,13-16H2,1H3/t21-/m1/s1. The zero-order valence-electron chi connectivity index (χ0n) is 19.7. The number of carbonyl (C=O) groups excluding carboxylic acids is 1. The van der Waals surface area contributed by atoms with Crippen LogP contribution >= 0.6 is 11.6 Å². The molecule has 5 rings (SSSR count). The van der Waals surface area contributed by atoms with Crippen LogP contribution in [0.3, 0.4) is 0 Å². The lowest BCUT2D eigenvalue weighted by atomic mass is 10.0. The van der Waals surface area contributed by atoms with Crippen LogP contribution < -0.4 is 16.4 Å². The smallest absolute Gasteiger partial charge is 0.310 e. The summed E-state index contributed by atoms with van der Waals surface area (Å²) in [5, 5.41) is 5.12. The van der Waals surface area contributed by atoms with Gasteiger partial charge in [-0.3, -0.25) is 23.5 Å². The summed E-state index contributed by atoms with van der Waals surface area (Å²) in [6.45, 7) is 3.87. The first-order valence-electron chi connectivity index (χ1n) is 12.0. The summed E-state index contributed by atoms with van der Waals surface area (Å²) in [6, 6.07) is 12.9. The fourth-order valence-electron chi connectivity index (χ4n) is 5.24. The van der Waals surface area contributed by atoms with Crippen molar-refractivity contribution in [2.75, 3.05) is 26.7 Å². The van der Waals surface area contributed by atoms with Gasteiger partial charge >= 0.3 is 5.97 Å². The Kier molecular flexibility index (Phi) is 6.77. The molecule has 4 heterocycles. The summed E-state index contributed by atoms with van der Waals surface area (Å²) in [5.74, 6) is -0.306. The van der Waals surface area contributed by atoms with Crippen LogP contribution in [0.15, 0.2) is 52.1 Å². The monoisotopic (exact) mass is 496 g/mol. The fourth-order valence-corrected chi connectivity index (χ4v) is 5.51. The summed E-state index contributed by atoms with van der Waals surface area (Å²) in [4.78, 5) is 38.9. The lowest BCUT2D eigenvalue weighted by Crippen LogP contribution is -2.44. The first kappa shape index (κ1) is 23.8. The van der Waals surface area contributed by atoms with E-state index >= 15 is 0 Å². The normalized spacial score (nSPS) is 18.3. The topological polar surface area (TPSA) is 85.6 Å². The summed E-state index contributed by atoms with van der Waals surface area (Å²) in [6.07, 6.45) is 2.18. The average molecular weight is 497 g/mol. The molecule has 1 atom stereocenters. The van der Waals surface area contributed by atoms with Crippen LogP contribution in [0.2, 0.25) is 5.02 Å². The number of pyridine rings is 2. The molecule has 0 radical (unpaired) electrons. The molecular weight excluding hydrogens is 468 g/mol. The maximum atomic E-state index is 12.6.